The lowest BCUT2D eigenvalue weighted by Gasteiger charge is -2.20. The maximum Gasteiger partial charge on any atom is 0.258 e. The SMILES string of the molecule is CCN(Cc1nc2ccccc2c(=O)[nH]1)C(=O)Cc1csc(-c2cc(Br)cs2)n1. The number of thiazole rings is 1. The number of amides is 1. The molecule has 0 saturated carbocycles. The summed E-state index contributed by atoms with van der Waals surface area (Å²) in [6, 6.07) is 9.20. The summed E-state index contributed by atoms with van der Waals surface area (Å²) in [5.74, 6) is 0.429. The zero-order chi connectivity index (χ0) is 20.4. The molecule has 0 saturated heterocycles. The van der Waals surface area contributed by atoms with Gasteiger partial charge in [0.25, 0.3) is 5.56 Å². The summed E-state index contributed by atoms with van der Waals surface area (Å²) in [7, 11) is 0. The summed E-state index contributed by atoms with van der Waals surface area (Å²) in [5.41, 5.74) is 1.18. The second kappa shape index (κ2) is 8.56. The maximum absolute atomic E-state index is 12.8. The van der Waals surface area contributed by atoms with Crippen molar-refractivity contribution in [2.45, 2.75) is 19.9 Å². The van der Waals surface area contributed by atoms with E-state index < -0.39 is 0 Å². The van der Waals surface area contributed by atoms with Gasteiger partial charge in [-0.15, -0.1) is 22.7 Å². The maximum atomic E-state index is 12.8. The minimum Gasteiger partial charge on any atom is -0.335 e. The van der Waals surface area contributed by atoms with Gasteiger partial charge in [-0.2, -0.15) is 0 Å². The van der Waals surface area contributed by atoms with E-state index in [1.165, 1.54) is 11.3 Å². The Bertz CT molecular complexity index is 1230. The van der Waals surface area contributed by atoms with Gasteiger partial charge in [0.1, 0.15) is 10.8 Å². The number of halogens is 1. The van der Waals surface area contributed by atoms with Crippen LogP contribution in [0.5, 0.6) is 0 Å². The molecule has 0 aliphatic heterocycles. The predicted octanol–water partition coefficient (Wildman–Crippen LogP) is 4.46. The summed E-state index contributed by atoms with van der Waals surface area (Å²) in [4.78, 5) is 39.7. The number of fused-ring (bicyclic) bond motifs is 1. The van der Waals surface area contributed by atoms with Crippen molar-refractivity contribution in [2.24, 2.45) is 0 Å². The molecule has 3 aromatic heterocycles. The number of carbonyl (C=O) groups is 1. The van der Waals surface area contributed by atoms with E-state index in [9.17, 15) is 9.59 Å². The molecule has 3 heterocycles. The average Bonchev–Trinajstić information content (AvgIpc) is 3.35. The van der Waals surface area contributed by atoms with Crippen LogP contribution in [0.4, 0.5) is 0 Å². The molecule has 9 heteroatoms. The molecule has 148 valence electrons. The van der Waals surface area contributed by atoms with Crippen molar-refractivity contribution >= 4 is 55.4 Å². The van der Waals surface area contributed by atoms with Gasteiger partial charge < -0.3 is 9.88 Å². The van der Waals surface area contributed by atoms with Gasteiger partial charge in [-0.25, -0.2) is 9.97 Å². The van der Waals surface area contributed by atoms with Crippen LogP contribution in [0.15, 0.2) is 50.4 Å². The van der Waals surface area contributed by atoms with Crippen LogP contribution < -0.4 is 5.56 Å². The summed E-state index contributed by atoms with van der Waals surface area (Å²) in [5, 5.41) is 5.38. The van der Waals surface area contributed by atoms with Crippen molar-refractivity contribution < 1.29 is 4.79 Å². The lowest BCUT2D eigenvalue weighted by Crippen LogP contribution is -2.33. The molecule has 0 unspecified atom stereocenters. The van der Waals surface area contributed by atoms with Crippen LogP contribution in [-0.4, -0.2) is 32.3 Å². The molecule has 0 radical (unpaired) electrons. The highest BCUT2D eigenvalue weighted by Crippen LogP contribution is 2.32. The van der Waals surface area contributed by atoms with Crippen molar-refractivity contribution in [1.82, 2.24) is 19.9 Å². The third kappa shape index (κ3) is 4.47. The number of nitrogens with zero attached hydrogens (tertiary/aromatic N) is 3. The van der Waals surface area contributed by atoms with Gasteiger partial charge in [0.15, 0.2) is 0 Å². The van der Waals surface area contributed by atoms with Crippen molar-refractivity contribution in [3.63, 3.8) is 0 Å². The number of aromatic nitrogens is 3. The normalized spacial score (nSPS) is 11.1. The third-order valence-electron chi connectivity index (χ3n) is 4.40. The predicted molar refractivity (Wildman–Crippen MR) is 120 cm³/mol. The molecule has 6 nitrogen and oxygen atoms in total. The van der Waals surface area contributed by atoms with Crippen molar-refractivity contribution in [3.05, 3.63) is 67.4 Å². The minimum absolute atomic E-state index is 0.0486. The number of rotatable bonds is 6. The molecular weight excluding hydrogens is 472 g/mol. The van der Waals surface area contributed by atoms with E-state index in [0.29, 0.717) is 23.3 Å². The molecule has 1 N–H and O–H groups in total. The zero-order valence-electron chi connectivity index (χ0n) is 15.5. The fourth-order valence-corrected chi connectivity index (χ4v) is 5.29. The van der Waals surface area contributed by atoms with Crippen LogP contribution in [0.3, 0.4) is 0 Å². The van der Waals surface area contributed by atoms with Crippen LogP contribution in [0, 0.1) is 0 Å². The summed E-state index contributed by atoms with van der Waals surface area (Å²) < 4.78 is 1.03. The first-order valence-corrected chi connectivity index (χ1v) is 11.5. The van der Waals surface area contributed by atoms with E-state index in [1.54, 1.807) is 34.4 Å². The molecule has 1 aromatic carbocycles. The number of aromatic amines is 1. The smallest absolute Gasteiger partial charge is 0.258 e. The molecule has 1 amide bonds. The number of benzene rings is 1. The standard InChI is InChI=1S/C20H17BrN4O2S2/c1-2-25(9-17-23-15-6-4-3-5-14(15)19(27)24-17)18(26)8-13-11-29-20(22-13)16-7-12(21)10-28-16/h3-7,10-11H,2,8-9H2,1H3,(H,23,24,27). The zero-order valence-corrected chi connectivity index (χ0v) is 18.7. The van der Waals surface area contributed by atoms with Crippen LogP contribution in [0.25, 0.3) is 20.8 Å². The van der Waals surface area contributed by atoms with Crippen LogP contribution >= 0.6 is 38.6 Å². The molecule has 29 heavy (non-hydrogen) atoms. The summed E-state index contributed by atoms with van der Waals surface area (Å²) in [6.45, 7) is 2.68. The molecule has 0 fully saturated rings. The molecule has 0 spiro atoms. The van der Waals surface area contributed by atoms with E-state index in [2.05, 4.69) is 30.9 Å². The summed E-state index contributed by atoms with van der Waals surface area (Å²) >= 11 is 6.60. The number of hydrogen-bond acceptors (Lipinski definition) is 6. The van der Waals surface area contributed by atoms with Crippen LogP contribution in [0.1, 0.15) is 18.4 Å². The van der Waals surface area contributed by atoms with E-state index in [0.717, 1.165) is 20.1 Å². The Morgan fingerprint density at radius 1 is 1.21 bits per heavy atom. The minimum atomic E-state index is -0.194. The number of H-pyrrole nitrogens is 1. The molecule has 0 atom stereocenters. The Hall–Kier alpha value is -2.36. The molecule has 4 rings (SSSR count). The molecule has 0 aliphatic carbocycles. The van der Waals surface area contributed by atoms with E-state index >= 15 is 0 Å². The summed E-state index contributed by atoms with van der Waals surface area (Å²) in [6.07, 6.45) is 0.217. The van der Waals surface area contributed by atoms with Gasteiger partial charge in [-0.05, 0) is 41.1 Å². The van der Waals surface area contributed by atoms with Crippen molar-refractivity contribution in [1.29, 1.82) is 0 Å². The van der Waals surface area contributed by atoms with Gasteiger partial charge in [0.2, 0.25) is 5.91 Å². The third-order valence-corrected chi connectivity index (χ3v) is 7.15. The highest BCUT2D eigenvalue weighted by atomic mass is 79.9. The first-order chi connectivity index (χ1) is 14.0. The van der Waals surface area contributed by atoms with E-state index in [1.807, 2.05) is 29.8 Å². The number of carbonyl (C=O) groups excluding carboxylic acids is 1. The Morgan fingerprint density at radius 3 is 2.79 bits per heavy atom. The number of likely N-dealkylation sites (N-methyl/N-ethyl adjacent to an activating group) is 1. The lowest BCUT2D eigenvalue weighted by molar-refractivity contribution is -0.131. The van der Waals surface area contributed by atoms with Gasteiger partial charge in [-0.3, -0.25) is 9.59 Å². The van der Waals surface area contributed by atoms with Gasteiger partial charge in [0, 0.05) is 21.8 Å². The second-order valence-corrected chi connectivity index (χ2v) is 9.07. The molecule has 0 bridgehead atoms. The number of hydrogen-bond donors (Lipinski definition) is 1. The van der Waals surface area contributed by atoms with Crippen LogP contribution in [-0.2, 0) is 17.8 Å². The van der Waals surface area contributed by atoms with Gasteiger partial charge >= 0.3 is 0 Å². The number of nitrogens with one attached hydrogen (secondary N) is 1. The Balaban J connectivity index is 1.49. The van der Waals surface area contributed by atoms with E-state index in [-0.39, 0.29) is 24.4 Å². The number of thiophene rings is 1. The highest BCUT2D eigenvalue weighted by molar-refractivity contribution is 9.10. The lowest BCUT2D eigenvalue weighted by atomic mass is 10.2. The number of para-hydroxylation sites is 1. The monoisotopic (exact) mass is 488 g/mol. The Labute approximate surface area is 183 Å². The molecule has 0 aliphatic rings. The first-order valence-electron chi connectivity index (χ1n) is 8.98. The fourth-order valence-electron chi connectivity index (χ4n) is 2.96. The highest BCUT2D eigenvalue weighted by Gasteiger charge is 2.17. The Kier molecular flexibility index (Phi) is 5.89. The van der Waals surface area contributed by atoms with Crippen molar-refractivity contribution in [3.8, 4) is 9.88 Å². The Morgan fingerprint density at radius 2 is 2.03 bits per heavy atom. The van der Waals surface area contributed by atoms with Gasteiger partial charge in [-0.1, -0.05) is 12.1 Å². The quantitative estimate of drug-likeness (QED) is 0.434. The molecular formula is C20H17BrN4O2S2. The molecule has 4 aromatic rings. The first kappa shape index (κ1) is 19.9. The average molecular weight is 489 g/mol. The topological polar surface area (TPSA) is 79.0 Å². The van der Waals surface area contributed by atoms with Crippen molar-refractivity contribution in [2.75, 3.05) is 6.54 Å². The largest absolute Gasteiger partial charge is 0.335 e. The van der Waals surface area contributed by atoms with Gasteiger partial charge in [0.05, 0.1) is 34.4 Å². The van der Waals surface area contributed by atoms with Crippen LogP contribution in [0.2, 0.25) is 0 Å². The fraction of sp³-hybridized carbons (Fsp3) is 0.200. The van der Waals surface area contributed by atoms with E-state index in [4.69, 9.17) is 0 Å². The second-order valence-electron chi connectivity index (χ2n) is 6.39.